The third kappa shape index (κ3) is 9.19. The van der Waals surface area contributed by atoms with Crippen molar-refractivity contribution < 1.29 is 34.4 Å². The third-order valence-corrected chi connectivity index (χ3v) is 0. The van der Waals surface area contributed by atoms with Crippen molar-refractivity contribution in [3.05, 3.63) is 0 Å². The van der Waals surface area contributed by atoms with Gasteiger partial charge in [0.2, 0.25) is 0 Å². The molecule has 4 heavy (non-hydrogen) atoms. The summed E-state index contributed by atoms with van der Waals surface area (Å²) < 4.78 is 0. The monoisotopic (exact) mass is 170 g/mol. The Kier molecular flexibility index (Phi) is 220. The summed E-state index contributed by atoms with van der Waals surface area (Å²) in [6, 6.07) is 0. The Bertz CT molecular complexity index is 8.00. The third-order valence-electron chi connectivity index (χ3n) is 0. The van der Waals surface area contributed by atoms with E-state index < -0.39 is 0 Å². The zero-order valence-corrected chi connectivity index (χ0v) is 6.16. The van der Waals surface area contributed by atoms with E-state index in [1.807, 2.05) is 0 Å². The molecule has 0 fully saturated rings. The minimum atomic E-state index is 0. The number of hydrogen-bond acceptors (Lipinski definition) is 0. The van der Waals surface area contributed by atoms with Crippen LogP contribution in [-0.4, -0.2) is 28.3 Å². The van der Waals surface area contributed by atoms with Gasteiger partial charge in [-0.15, -0.1) is 0 Å². The van der Waals surface area contributed by atoms with Gasteiger partial charge in [0.1, 0.15) is 0 Å². The SMILES string of the molecule is [Al].[Cr].[Cu].[Si]. The fraction of sp³-hybridized carbons (Fsp3) is 0. The second-order valence-electron chi connectivity index (χ2n) is 0. The Labute approximate surface area is 62.5 Å². The molecular weight excluding hydrogens is 171 g/mol. The molecule has 0 aliphatic carbocycles. The van der Waals surface area contributed by atoms with Crippen molar-refractivity contribution >= 4 is 28.3 Å². The van der Waals surface area contributed by atoms with Gasteiger partial charge in [0.15, 0.2) is 0 Å². The first-order valence-corrected chi connectivity index (χ1v) is 0. The van der Waals surface area contributed by atoms with E-state index >= 15 is 0 Å². The molecule has 0 aliphatic rings. The normalized spacial score (nSPS) is 0. The topological polar surface area (TPSA) is 0 Å². The van der Waals surface area contributed by atoms with Gasteiger partial charge in [0.25, 0.3) is 0 Å². The van der Waals surface area contributed by atoms with Gasteiger partial charge in [-0.2, -0.15) is 0 Å². The van der Waals surface area contributed by atoms with Crippen LogP contribution in [0.3, 0.4) is 0 Å². The van der Waals surface area contributed by atoms with E-state index in [1.54, 1.807) is 0 Å². The van der Waals surface area contributed by atoms with Gasteiger partial charge in [0.05, 0.1) is 0 Å². The summed E-state index contributed by atoms with van der Waals surface area (Å²) in [6.45, 7) is 0. The Morgan fingerprint density at radius 1 is 1.00 bits per heavy atom. The number of hydrogen-bond donors (Lipinski definition) is 0. The van der Waals surface area contributed by atoms with Gasteiger partial charge < -0.3 is 0 Å². The molecule has 0 bridgehead atoms. The minimum absolute atomic E-state index is 0. The first-order chi connectivity index (χ1) is 0. The van der Waals surface area contributed by atoms with Crippen molar-refractivity contribution in [2.24, 2.45) is 0 Å². The summed E-state index contributed by atoms with van der Waals surface area (Å²) >= 11 is 0. The molecule has 0 nitrogen and oxygen atoms in total. The molecule has 0 aromatic heterocycles. The molecule has 0 amide bonds. The van der Waals surface area contributed by atoms with Crippen LogP contribution in [0.1, 0.15) is 0 Å². The second kappa shape index (κ2) is 21.4. The first kappa shape index (κ1) is 41.2. The van der Waals surface area contributed by atoms with Crippen molar-refractivity contribution in [3.8, 4) is 0 Å². The van der Waals surface area contributed by atoms with E-state index in [0.717, 1.165) is 0 Å². The molecule has 0 spiro atoms. The molecule has 0 N–H and O–H groups in total. The zero-order chi connectivity index (χ0) is 0. The summed E-state index contributed by atoms with van der Waals surface area (Å²) in [7, 11) is 0. The first-order valence-electron chi connectivity index (χ1n) is 0. The largest absolute Gasteiger partial charge is 0 e. The van der Waals surface area contributed by atoms with Gasteiger partial charge in [-0.1, -0.05) is 0 Å². The molecule has 0 saturated carbocycles. The predicted octanol–water partition coefficient (Wildman–Crippen LogP) is -0.767. The molecular formula is AlCrCuSi. The maximum Gasteiger partial charge on any atom is 0 e. The van der Waals surface area contributed by atoms with E-state index in [2.05, 4.69) is 0 Å². The Hall–Kier alpha value is 1.80. The van der Waals surface area contributed by atoms with E-state index in [1.165, 1.54) is 0 Å². The minimum Gasteiger partial charge on any atom is 0 e. The van der Waals surface area contributed by atoms with Crippen molar-refractivity contribution in [2.75, 3.05) is 0 Å². The smallest absolute Gasteiger partial charge is 0 e. The van der Waals surface area contributed by atoms with Crippen LogP contribution in [0.15, 0.2) is 0 Å². The van der Waals surface area contributed by atoms with E-state index in [0.29, 0.717) is 0 Å². The van der Waals surface area contributed by atoms with Crippen LogP contribution in [0.25, 0.3) is 0 Å². The summed E-state index contributed by atoms with van der Waals surface area (Å²) in [5, 5.41) is 0. The van der Waals surface area contributed by atoms with Crippen LogP contribution in [0.2, 0.25) is 0 Å². The van der Waals surface area contributed by atoms with Gasteiger partial charge in [-0.3, -0.25) is 0 Å². The molecule has 0 aromatic rings. The van der Waals surface area contributed by atoms with E-state index in [4.69, 9.17) is 0 Å². The molecule has 0 saturated heterocycles. The Balaban J connectivity index is 0. The van der Waals surface area contributed by atoms with Crippen LogP contribution in [0, 0.1) is 0 Å². The Morgan fingerprint density at radius 3 is 1.00 bits per heavy atom. The molecule has 0 atom stereocenters. The molecule has 0 heterocycles. The summed E-state index contributed by atoms with van der Waals surface area (Å²) in [5.74, 6) is 0. The van der Waals surface area contributed by atoms with Crippen LogP contribution in [-0.2, 0) is 34.4 Å². The van der Waals surface area contributed by atoms with E-state index in [9.17, 15) is 0 Å². The predicted molar refractivity (Wildman–Crippen MR) is 11.5 cm³/mol. The van der Waals surface area contributed by atoms with Crippen LogP contribution in [0.5, 0.6) is 0 Å². The summed E-state index contributed by atoms with van der Waals surface area (Å²) in [4.78, 5) is 0. The molecule has 8 radical (unpaired) electrons. The fourth-order valence-corrected chi connectivity index (χ4v) is 0. The molecule has 0 rings (SSSR count). The summed E-state index contributed by atoms with van der Waals surface area (Å²) in [6.07, 6.45) is 0. The maximum atomic E-state index is 0. The van der Waals surface area contributed by atoms with Gasteiger partial charge in [-0.25, -0.2) is 0 Å². The van der Waals surface area contributed by atoms with Gasteiger partial charge in [-0.05, 0) is 0 Å². The van der Waals surface area contributed by atoms with Crippen LogP contribution in [0.4, 0.5) is 0 Å². The molecule has 0 aliphatic heterocycles. The van der Waals surface area contributed by atoms with Crippen molar-refractivity contribution in [3.63, 3.8) is 0 Å². The quantitative estimate of drug-likeness (QED) is 0.419. The average Bonchev–Trinajstić information content (AvgIpc) is 0. The van der Waals surface area contributed by atoms with Gasteiger partial charge >= 0.3 is 0 Å². The molecule has 0 unspecified atom stereocenters. The average molecular weight is 171 g/mol. The second-order valence-corrected chi connectivity index (χ2v) is 0. The van der Waals surface area contributed by atoms with Gasteiger partial charge in [0, 0.05) is 62.8 Å². The maximum absolute atomic E-state index is 0. The van der Waals surface area contributed by atoms with Crippen LogP contribution >= 0.6 is 0 Å². The Morgan fingerprint density at radius 2 is 1.00 bits per heavy atom. The fourth-order valence-electron chi connectivity index (χ4n) is 0. The standard InChI is InChI=1S/Al.Cr.Cu.Si. The zero-order valence-electron chi connectivity index (χ0n) is 1.79. The molecule has 24 valence electrons. The van der Waals surface area contributed by atoms with Crippen molar-refractivity contribution in [1.29, 1.82) is 0 Å². The van der Waals surface area contributed by atoms with E-state index in [-0.39, 0.29) is 62.8 Å². The molecule has 4 heteroatoms. The number of rotatable bonds is 0. The van der Waals surface area contributed by atoms with Crippen molar-refractivity contribution in [2.45, 2.75) is 0 Å². The summed E-state index contributed by atoms with van der Waals surface area (Å²) in [5.41, 5.74) is 0. The van der Waals surface area contributed by atoms with Crippen LogP contribution < -0.4 is 0 Å². The van der Waals surface area contributed by atoms with Crippen molar-refractivity contribution in [1.82, 2.24) is 0 Å². The molecule has 0 aromatic carbocycles.